The molecular formula is C15H25BrO. The smallest absolute Gasteiger partial charge is 0.0652 e. The lowest BCUT2D eigenvalue weighted by molar-refractivity contribution is -0.112. The molecule has 3 saturated carbocycles. The van der Waals surface area contributed by atoms with Gasteiger partial charge in [-0.2, -0.15) is 0 Å². The van der Waals surface area contributed by atoms with Gasteiger partial charge in [-0.05, 0) is 31.6 Å². The maximum absolute atomic E-state index is 6.22. The van der Waals surface area contributed by atoms with Crippen LogP contribution in [0.25, 0.3) is 0 Å². The molecule has 3 aliphatic carbocycles. The molecule has 2 heteroatoms. The molecule has 2 atom stereocenters. The van der Waals surface area contributed by atoms with E-state index < -0.39 is 0 Å². The molecular weight excluding hydrogens is 276 g/mol. The molecule has 0 amide bonds. The van der Waals surface area contributed by atoms with Gasteiger partial charge in [-0.1, -0.05) is 54.5 Å². The van der Waals surface area contributed by atoms with Gasteiger partial charge in [-0.15, -0.1) is 0 Å². The number of alkyl halides is 1. The van der Waals surface area contributed by atoms with Crippen LogP contribution in [0.5, 0.6) is 0 Å². The second-order valence-electron chi connectivity index (χ2n) is 6.44. The summed E-state index contributed by atoms with van der Waals surface area (Å²) in [6, 6.07) is 0. The van der Waals surface area contributed by atoms with Crippen molar-refractivity contribution in [3.05, 3.63) is 0 Å². The number of halogens is 1. The Labute approximate surface area is 114 Å². The molecule has 3 aliphatic rings. The van der Waals surface area contributed by atoms with Gasteiger partial charge in [0.05, 0.1) is 6.10 Å². The van der Waals surface area contributed by atoms with Crippen LogP contribution in [-0.4, -0.2) is 17.5 Å². The molecule has 0 heterocycles. The minimum atomic E-state index is 0.514. The molecule has 0 aromatic rings. The summed E-state index contributed by atoms with van der Waals surface area (Å²) in [6.07, 6.45) is 14.6. The first kappa shape index (κ1) is 12.5. The normalized spacial score (nSPS) is 36.5. The monoisotopic (exact) mass is 300 g/mol. The van der Waals surface area contributed by atoms with E-state index in [0.29, 0.717) is 11.5 Å². The van der Waals surface area contributed by atoms with Crippen LogP contribution in [0.2, 0.25) is 0 Å². The Morgan fingerprint density at radius 1 is 1.06 bits per heavy atom. The zero-order valence-corrected chi connectivity index (χ0v) is 12.4. The van der Waals surface area contributed by atoms with Crippen molar-refractivity contribution in [3.8, 4) is 0 Å². The molecule has 98 valence electrons. The second kappa shape index (κ2) is 5.21. The van der Waals surface area contributed by atoms with E-state index >= 15 is 0 Å². The first-order chi connectivity index (χ1) is 8.31. The van der Waals surface area contributed by atoms with Crippen LogP contribution in [-0.2, 0) is 4.74 Å². The Balaban J connectivity index is 1.52. The molecule has 0 aromatic heterocycles. The molecule has 1 spiro atoms. The number of hydrogen-bond donors (Lipinski definition) is 0. The van der Waals surface area contributed by atoms with Gasteiger partial charge >= 0.3 is 0 Å². The largest absolute Gasteiger partial charge is 0.378 e. The highest BCUT2D eigenvalue weighted by Gasteiger charge is 2.53. The SMILES string of the molecule is BrC1CC(OCCC2CC2)C12CCCCCC2. The Hall–Kier alpha value is 0.440. The molecule has 0 radical (unpaired) electrons. The first-order valence-electron chi connectivity index (χ1n) is 7.57. The average Bonchev–Trinajstić information content (AvgIpc) is 3.14. The van der Waals surface area contributed by atoms with E-state index in [-0.39, 0.29) is 0 Å². The summed E-state index contributed by atoms with van der Waals surface area (Å²) in [7, 11) is 0. The van der Waals surface area contributed by atoms with Gasteiger partial charge < -0.3 is 4.74 Å². The molecule has 0 bridgehead atoms. The summed E-state index contributed by atoms with van der Waals surface area (Å²) in [6.45, 7) is 1.02. The lowest BCUT2D eigenvalue weighted by atomic mass is 9.61. The van der Waals surface area contributed by atoms with E-state index in [1.165, 1.54) is 64.2 Å². The third-order valence-corrected chi connectivity index (χ3v) is 6.55. The summed E-state index contributed by atoms with van der Waals surface area (Å²) in [5, 5.41) is 0. The summed E-state index contributed by atoms with van der Waals surface area (Å²) in [4.78, 5) is 0.735. The Morgan fingerprint density at radius 2 is 1.76 bits per heavy atom. The van der Waals surface area contributed by atoms with Gasteiger partial charge in [-0.3, -0.25) is 0 Å². The lowest BCUT2D eigenvalue weighted by Crippen LogP contribution is -2.55. The van der Waals surface area contributed by atoms with Crippen molar-refractivity contribution in [1.29, 1.82) is 0 Å². The first-order valence-corrected chi connectivity index (χ1v) is 8.48. The highest BCUT2D eigenvalue weighted by molar-refractivity contribution is 9.09. The van der Waals surface area contributed by atoms with Crippen molar-refractivity contribution in [2.24, 2.45) is 11.3 Å². The fourth-order valence-electron chi connectivity index (χ4n) is 3.74. The van der Waals surface area contributed by atoms with E-state index in [9.17, 15) is 0 Å². The zero-order chi connectivity index (χ0) is 11.7. The van der Waals surface area contributed by atoms with Crippen LogP contribution in [0.1, 0.15) is 64.2 Å². The van der Waals surface area contributed by atoms with Crippen LogP contribution in [0, 0.1) is 11.3 Å². The second-order valence-corrected chi connectivity index (χ2v) is 7.55. The lowest BCUT2D eigenvalue weighted by Gasteiger charge is -2.53. The Kier molecular flexibility index (Phi) is 3.82. The van der Waals surface area contributed by atoms with E-state index in [0.717, 1.165) is 17.4 Å². The summed E-state index contributed by atoms with van der Waals surface area (Å²) < 4.78 is 6.22. The third-order valence-electron chi connectivity index (χ3n) is 5.26. The fourth-order valence-corrected chi connectivity index (χ4v) is 4.83. The van der Waals surface area contributed by atoms with Crippen LogP contribution in [0.3, 0.4) is 0 Å². The van der Waals surface area contributed by atoms with Crippen LogP contribution in [0.4, 0.5) is 0 Å². The molecule has 3 fully saturated rings. The zero-order valence-electron chi connectivity index (χ0n) is 10.8. The quantitative estimate of drug-likeness (QED) is 0.685. The molecule has 2 unspecified atom stereocenters. The number of hydrogen-bond acceptors (Lipinski definition) is 1. The molecule has 17 heavy (non-hydrogen) atoms. The van der Waals surface area contributed by atoms with Gasteiger partial charge in [0.25, 0.3) is 0 Å². The van der Waals surface area contributed by atoms with Crippen molar-refractivity contribution in [1.82, 2.24) is 0 Å². The highest BCUT2D eigenvalue weighted by atomic mass is 79.9. The van der Waals surface area contributed by atoms with Crippen molar-refractivity contribution < 1.29 is 4.74 Å². The Morgan fingerprint density at radius 3 is 2.35 bits per heavy atom. The fraction of sp³-hybridized carbons (Fsp3) is 1.00. The van der Waals surface area contributed by atoms with E-state index in [1.54, 1.807) is 0 Å². The van der Waals surface area contributed by atoms with Gasteiger partial charge in [0.15, 0.2) is 0 Å². The molecule has 0 N–H and O–H groups in total. The van der Waals surface area contributed by atoms with Crippen LogP contribution < -0.4 is 0 Å². The van der Waals surface area contributed by atoms with Crippen molar-refractivity contribution in [2.75, 3.05) is 6.61 Å². The van der Waals surface area contributed by atoms with Crippen molar-refractivity contribution in [2.45, 2.75) is 75.1 Å². The third kappa shape index (κ3) is 2.58. The van der Waals surface area contributed by atoms with E-state index in [1.807, 2.05) is 0 Å². The molecule has 0 aliphatic heterocycles. The highest BCUT2D eigenvalue weighted by Crippen LogP contribution is 2.55. The van der Waals surface area contributed by atoms with Crippen LogP contribution >= 0.6 is 15.9 Å². The average molecular weight is 301 g/mol. The van der Waals surface area contributed by atoms with Gasteiger partial charge in [-0.25, -0.2) is 0 Å². The molecule has 3 rings (SSSR count). The Bertz CT molecular complexity index is 254. The predicted octanol–water partition coefficient (Wildman–Crippen LogP) is 4.68. The summed E-state index contributed by atoms with van der Waals surface area (Å²) in [5.41, 5.74) is 0.514. The van der Waals surface area contributed by atoms with Gasteiger partial charge in [0.1, 0.15) is 0 Å². The maximum Gasteiger partial charge on any atom is 0.0652 e. The predicted molar refractivity (Wildman–Crippen MR) is 74.5 cm³/mol. The van der Waals surface area contributed by atoms with Gasteiger partial charge in [0.2, 0.25) is 0 Å². The minimum absolute atomic E-state index is 0.514. The summed E-state index contributed by atoms with van der Waals surface area (Å²) >= 11 is 3.91. The van der Waals surface area contributed by atoms with Crippen LogP contribution in [0.15, 0.2) is 0 Å². The standard InChI is InChI=1S/C15H25BrO/c16-13-11-14(17-10-7-12-5-6-12)15(13)8-3-1-2-4-9-15/h12-14H,1-11H2. The minimum Gasteiger partial charge on any atom is -0.378 e. The maximum atomic E-state index is 6.22. The van der Waals surface area contributed by atoms with Gasteiger partial charge in [0, 0.05) is 16.8 Å². The molecule has 1 nitrogen and oxygen atoms in total. The van der Waals surface area contributed by atoms with E-state index in [4.69, 9.17) is 4.74 Å². The summed E-state index contributed by atoms with van der Waals surface area (Å²) in [5.74, 6) is 1.01. The topological polar surface area (TPSA) is 9.23 Å². The molecule has 0 aromatic carbocycles. The van der Waals surface area contributed by atoms with E-state index in [2.05, 4.69) is 15.9 Å². The number of ether oxygens (including phenoxy) is 1. The van der Waals surface area contributed by atoms with Crippen molar-refractivity contribution in [3.63, 3.8) is 0 Å². The molecule has 0 saturated heterocycles. The number of rotatable bonds is 4. The van der Waals surface area contributed by atoms with Crippen molar-refractivity contribution >= 4 is 15.9 Å².